The van der Waals surface area contributed by atoms with Gasteiger partial charge in [0, 0.05) is 27.7 Å². The Bertz CT molecular complexity index is 913. The van der Waals surface area contributed by atoms with E-state index in [1.165, 1.54) is 14.0 Å². The van der Waals surface area contributed by atoms with E-state index >= 15 is 0 Å². The molecule has 1 fully saturated rings. The molecule has 1 N–H and O–H groups in total. The first kappa shape index (κ1) is 34.6. The van der Waals surface area contributed by atoms with E-state index in [1.54, 1.807) is 20.8 Å². The highest BCUT2D eigenvalue weighted by molar-refractivity contribution is 5.81. The van der Waals surface area contributed by atoms with E-state index in [2.05, 4.69) is 5.32 Å². The zero-order valence-corrected chi connectivity index (χ0v) is 24.3. The first-order valence-electron chi connectivity index (χ1n) is 12.9. The number of alkyl carbamates (subject to hydrolysis) is 1. The molecule has 228 valence electrons. The summed E-state index contributed by atoms with van der Waals surface area (Å²) in [5.74, 6) is -3.40. The van der Waals surface area contributed by atoms with Gasteiger partial charge in [-0.15, -0.1) is 0 Å². The molecule has 40 heavy (non-hydrogen) atoms. The molecule has 1 amide bonds. The van der Waals surface area contributed by atoms with Crippen LogP contribution in [0.25, 0.3) is 0 Å². The van der Waals surface area contributed by atoms with Gasteiger partial charge in [-0.2, -0.15) is 0 Å². The van der Waals surface area contributed by atoms with Crippen LogP contribution in [-0.4, -0.2) is 91.8 Å². The predicted molar refractivity (Wildman–Crippen MR) is 136 cm³/mol. The normalized spacial score (nSPS) is 23.1. The summed E-state index contributed by atoms with van der Waals surface area (Å²) in [5, 5.41) is 2.49. The molecule has 0 radical (unpaired) electrons. The minimum absolute atomic E-state index is 0.192. The summed E-state index contributed by atoms with van der Waals surface area (Å²) in [7, 11) is 1.20. The Kier molecular flexibility index (Phi) is 13.8. The first-order chi connectivity index (χ1) is 18.5. The van der Waals surface area contributed by atoms with Gasteiger partial charge in [-0.25, -0.2) is 9.59 Å². The Balaban J connectivity index is 3.09. The van der Waals surface area contributed by atoms with Gasteiger partial charge >= 0.3 is 35.9 Å². The standard InChI is InChI=1S/C26H41NO13/c1-14(28)35-13-20-22(37-16(3)30)23(38-17(4)31)21(36-15(2)29)19(39-20)12-10-9-11-18(24(32)34-8)27-25(33)40-26(5,6)7/h18-23H,9-13H2,1-8H3,(H,27,33)/t18-,19-,20+,21-,22-,23+/m0/s1. The third-order valence-electron chi connectivity index (χ3n) is 5.50. The lowest BCUT2D eigenvalue weighted by Gasteiger charge is -2.44. The minimum Gasteiger partial charge on any atom is -0.467 e. The van der Waals surface area contributed by atoms with E-state index in [1.807, 2.05) is 0 Å². The van der Waals surface area contributed by atoms with E-state index in [9.17, 15) is 28.8 Å². The third-order valence-corrected chi connectivity index (χ3v) is 5.50. The number of amides is 1. The monoisotopic (exact) mass is 575 g/mol. The van der Waals surface area contributed by atoms with Crippen LogP contribution in [-0.2, 0) is 57.1 Å². The fraction of sp³-hybridized carbons (Fsp3) is 0.769. The maximum Gasteiger partial charge on any atom is 0.408 e. The van der Waals surface area contributed by atoms with Crippen molar-refractivity contribution in [2.45, 2.75) is 116 Å². The van der Waals surface area contributed by atoms with Gasteiger partial charge in [0.05, 0.1) is 13.2 Å². The molecule has 0 aromatic heterocycles. The van der Waals surface area contributed by atoms with E-state index < -0.39 is 78.1 Å². The van der Waals surface area contributed by atoms with Gasteiger partial charge in [-0.1, -0.05) is 12.8 Å². The van der Waals surface area contributed by atoms with Crippen molar-refractivity contribution in [3.8, 4) is 0 Å². The lowest BCUT2D eigenvalue weighted by molar-refractivity contribution is -0.253. The number of hydrogen-bond donors (Lipinski definition) is 1. The van der Waals surface area contributed by atoms with Gasteiger partial charge in [-0.3, -0.25) is 19.2 Å². The van der Waals surface area contributed by atoms with Crippen LogP contribution in [0.3, 0.4) is 0 Å². The number of hydrogen-bond acceptors (Lipinski definition) is 13. The number of rotatable bonds is 12. The molecular formula is C26H41NO13. The molecule has 1 aliphatic heterocycles. The van der Waals surface area contributed by atoms with Gasteiger partial charge < -0.3 is 38.5 Å². The zero-order valence-electron chi connectivity index (χ0n) is 24.3. The van der Waals surface area contributed by atoms with E-state index in [-0.39, 0.29) is 19.4 Å². The van der Waals surface area contributed by atoms with Crippen molar-refractivity contribution in [3.63, 3.8) is 0 Å². The molecule has 14 nitrogen and oxygen atoms in total. The predicted octanol–water partition coefficient (Wildman–Crippen LogP) is 1.74. The Labute approximate surface area is 233 Å². The molecule has 1 saturated heterocycles. The molecule has 0 aromatic carbocycles. The minimum atomic E-state index is -1.25. The van der Waals surface area contributed by atoms with Crippen molar-refractivity contribution in [2.75, 3.05) is 13.7 Å². The molecule has 0 aromatic rings. The van der Waals surface area contributed by atoms with Gasteiger partial charge in [0.15, 0.2) is 18.3 Å². The summed E-state index contributed by atoms with van der Waals surface area (Å²) < 4.78 is 37.4. The number of nitrogens with one attached hydrogen (secondary N) is 1. The summed E-state index contributed by atoms with van der Waals surface area (Å²) in [6.07, 6.45) is -5.10. The van der Waals surface area contributed by atoms with Gasteiger partial charge in [0.1, 0.15) is 24.4 Å². The number of carbonyl (C=O) groups is 6. The highest BCUT2D eigenvalue weighted by Gasteiger charge is 2.51. The lowest BCUT2D eigenvalue weighted by Crippen LogP contribution is -2.62. The Morgan fingerprint density at radius 1 is 0.775 bits per heavy atom. The topological polar surface area (TPSA) is 179 Å². The number of ether oxygens (including phenoxy) is 7. The van der Waals surface area contributed by atoms with Crippen molar-refractivity contribution in [1.29, 1.82) is 0 Å². The molecule has 1 aliphatic rings. The number of carbonyl (C=O) groups excluding carboxylic acids is 6. The summed E-state index contributed by atoms with van der Waals surface area (Å²) in [6, 6.07) is -0.977. The first-order valence-corrected chi connectivity index (χ1v) is 12.9. The molecule has 1 heterocycles. The second kappa shape index (κ2) is 16.0. The quantitative estimate of drug-likeness (QED) is 0.202. The second-order valence-electron chi connectivity index (χ2n) is 10.2. The summed E-state index contributed by atoms with van der Waals surface area (Å²) in [6.45, 7) is 9.38. The molecule has 0 bridgehead atoms. The Morgan fingerprint density at radius 2 is 1.30 bits per heavy atom. The van der Waals surface area contributed by atoms with Crippen LogP contribution in [0.1, 0.15) is 74.1 Å². The van der Waals surface area contributed by atoms with Crippen molar-refractivity contribution in [3.05, 3.63) is 0 Å². The summed E-state index contributed by atoms with van der Waals surface area (Å²) in [4.78, 5) is 71.6. The van der Waals surface area contributed by atoms with Crippen LogP contribution >= 0.6 is 0 Å². The second-order valence-corrected chi connectivity index (χ2v) is 10.2. The maximum atomic E-state index is 12.2. The molecule has 14 heteroatoms. The third kappa shape index (κ3) is 12.6. The zero-order chi connectivity index (χ0) is 30.6. The molecule has 0 saturated carbocycles. The van der Waals surface area contributed by atoms with Gasteiger partial charge in [-0.05, 0) is 33.6 Å². The Morgan fingerprint density at radius 3 is 1.77 bits per heavy atom. The number of esters is 5. The van der Waals surface area contributed by atoms with Crippen LogP contribution < -0.4 is 5.32 Å². The molecular weight excluding hydrogens is 534 g/mol. The summed E-state index contributed by atoms with van der Waals surface area (Å²) in [5.41, 5.74) is -0.764. The van der Waals surface area contributed by atoms with E-state index in [0.29, 0.717) is 12.8 Å². The molecule has 0 spiro atoms. The van der Waals surface area contributed by atoms with Crippen molar-refractivity contribution >= 4 is 35.9 Å². The highest BCUT2D eigenvalue weighted by atomic mass is 16.7. The van der Waals surface area contributed by atoms with Crippen molar-refractivity contribution in [2.24, 2.45) is 0 Å². The van der Waals surface area contributed by atoms with E-state index in [0.717, 1.165) is 20.8 Å². The molecule has 6 atom stereocenters. The van der Waals surface area contributed by atoms with Crippen LogP contribution in [0.15, 0.2) is 0 Å². The average molecular weight is 576 g/mol. The molecule has 1 rings (SSSR count). The van der Waals surface area contributed by atoms with Crippen LogP contribution in [0.2, 0.25) is 0 Å². The van der Waals surface area contributed by atoms with Crippen LogP contribution in [0.4, 0.5) is 4.79 Å². The highest BCUT2D eigenvalue weighted by Crippen LogP contribution is 2.31. The fourth-order valence-electron chi connectivity index (χ4n) is 4.09. The van der Waals surface area contributed by atoms with Crippen molar-refractivity contribution in [1.82, 2.24) is 5.32 Å². The average Bonchev–Trinajstić information content (AvgIpc) is 2.80. The van der Waals surface area contributed by atoms with Crippen molar-refractivity contribution < 1.29 is 61.9 Å². The number of unbranched alkanes of at least 4 members (excludes halogenated alkanes) is 1. The summed E-state index contributed by atoms with van der Waals surface area (Å²) >= 11 is 0. The molecule has 0 unspecified atom stereocenters. The van der Waals surface area contributed by atoms with Crippen LogP contribution in [0, 0.1) is 0 Å². The fourth-order valence-corrected chi connectivity index (χ4v) is 4.09. The van der Waals surface area contributed by atoms with Crippen LogP contribution in [0.5, 0.6) is 0 Å². The van der Waals surface area contributed by atoms with E-state index in [4.69, 9.17) is 33.2 Å². The Hall–Kier alpha value is -3.42. The van der Waals surface area contributed by atoms with Gasteiger partial charge in [0.2, 0.25) is 0 Å². The maximum absolute atomic E-state index is 12.2. The number of methoxy groups -OCH3 is 1. The smallest absolute Gasteiger partial charge is 0.408 e. The SMILES string of the molecule is COC(=O)[C@H](CCCC[C@@H]1O[C@H](COC(C)=O)[C@H](OC(C)=O)[C@H](OC(C)=O)[C@H]1OC(C)=O)NC(=O)OC(C)(C)C. The molecule has 0 aliphatic carbocycles. The van der Waals surface area contributed by atoms with Gasteiger partial charge in [0.25, 0.3) is 0 Å². The largest absolute Gasteiger partial charge is 0.467 e. The lowest BCUT2D eigenvalue weighted by atomic mass is 9.91.